The highest BCUT2D eigenvalue weighted by Gasteiger charge is 2.29. The van der Waals surface area contributed by atoms with Crippen LogP contribution in [-0.2, 0) is 4.57 Å². The number of anilines is 1. The average molecular weight is 275 g/mol. The Labute approximate surface area is 109 Å². The topological polar surface area (TPSA) is 46.3 Å². The standard InChI is InChI=1S/C12H19N2OP.ClH/c1-2-14-7-9-16(15,10-8-14)12-5-3-11(13)4-6-12;/h3-6H,2,7-10,13H2,1H3;1H. The van der Waals surface area contributed by atoms with Crippen LogP contribution in [0.15, 0.2) is 24.3 Å². The number of nitrogens with two attached hydrogens (primary N) is 1. The monoisotopic (exact) mass is 274 g/mol. The lowest BCUT2D eigenvalue weighted by atomic mass is 10.3. The maximum absolute atomic E-state index is 12.7. The van der Waals surface area contributed by atoms with E-state index in [1.807, 2.05) is 24.3 Å². The molecule has 3 nitrogen and oxygen atoms in total. The highest BCUT2D eigenvalue weighted by molar-refractivity contribution is 7.71. The Kier molecular flexibility index (Phi) is 5.05. The SMILES string of the molecule is CCN1CCP(=O)(c2ccc(N)cc2)CC1.Cl. The van der Waals surface area contributed by atoms with E-state index in [9.17, 15) is 4.57 Å². The molecule has 0 amide bonds. The van der Waals surface area contributed by atoms with Crippen LogP contribution in [0.4, 0.5) is 5.69 Å². The van der Waals surface area contributed by atoms with Crippen molar-refractivity contribution in [2.24, 2.45) is 0 Å². The van der Waals surface area contributed by atoms with Gasteiger partial charge in [-0.3, -0.25) is 0 Å². The van der Waals surface area contributed by atoms with Gasteiger partial charge < -0.3 is 15.2 Å². The van der Waals surface area contributed by atoms with Crippen molar-refractivity contribution >= 4 is 30.5 Å². The Hall–Kier alpha value is -0.500. The minimum Gasteiger partial charge on any atom is -0.399 e. The summed E-state index contributed by atoms with van der Waals surface area (Å²) in [6.07, 6.45) is 1.62. The molecular weight excluding hydrogens is 255 g/mol. The summed E-state index contributed by atoms with van der Waals surface area (Å²) in [5.41, 5.74) is 6.38. The van der Waals surface area contributed by atoms with Crippen LogP contribution in [0.2, 0.25) is 0 Å². The molecule has 2 N–H and O–H groups in total. The summed E-state index contributed by atoms with van der Waals surface area (Å²) < 4.78 is 12.7. The molecule has 17 heavy (non-hydrogen) atoms. The molecule has 0 aliphatic carbocycles. The quantitative estimate of drug-likeness (QED) is 0.663. The van der Waals surface area contributed by atoms with Crippen LogP contribution in [0.5, 0.6) is 0 Å². The van der Waals surface area contributed by atoms with Crippen LogP contribution in [0.25, 0.3) is 0 Å². The summed E-state index contributed by atoms with van der Waals surface area (Å²) >= 11 is 0. The minimum atomic E-state index is -2.13. The maximum Gasteiger partial charge on any atom is 0.118 e. The lowest BCUT2D eigenvalue weighted by Crippen LogP contribution is -2.36. The van der Waals surface area contributed by atoms with E-state index >= 15 is 0 Å². The van der Waals surface area contributed by atoms with Crippen molar-refractivity contribution in [2.75, 3.05) is 37.7 Å². The Morgan fingerprint density at radius 1 is 1.24 bits per heavy atom. The maximum atomic E-state index is 12.7. The molecule has 0 atom stereocenters. The molecule has 0 radical (unpaired) electrons. The second-order valence-corrected chi connectivity index (χ2v) is 7.55. The zero-order valence-electron chi connectivity index (χ0n) is 10.1. The Morgan fingerprint density at radius 2 is 1.76 bits per heavy atom. The molecule has 0 spiro atoms. The summed E-state index contributed by atoms with van der Waals surface area (Å²) in [5, 5.41) is 0.998. The fourth-order valence-electron chi connectivity index (χ4n) is 2.15. The molecule has 0 unspecified atom stereocenters. The Morgan fingerprint density at radius 3 is 2.24 bits per heavy atom. The van der Waals surface area contributed by atoms with Gasteiger partial charge in [0.05, 0.1) is 0 Å². The second kappa shape index (κ2) is 5.90. The molecule has 2 rings (SSSR count). The Bertz CT molecular complexity index is 395. The van der Waals surface area contributed by atoms with Gasteiger partial charge in [-0.2, -0.15) is 0 Å². The molecule has 1 saturated heterocycles. The Balaban J connectivity index is 0.00000144. The van der Waals surface area contributed by atoms with Gasteiger partial charge in [-0.15, -0.1) is 12.4 Å². The van der Waals surface area contributed by atoms with Crippen LogP contribution in [0.1, 0.15) is 6.92 Å². The lowest BCUT2D eigenvalue weighted by molar-refractivity contribution is 0.312. The first-order valence-corrected chi connectivity index (χ1v) is 7.88. The van der Waals surface area contributed by atoms with Crippen molar-refractivity contribution in [3.63, 3.8) is 0 Å². The smallest absolute Gasteiger partial charge is 0.118 e. The first-order chi connectivity index (χ1) is 7.64. The zero-order chi connectivity index (χ0) is 11.6. The molecule has 1 aliphatic rings. The molecule has 1 aliphatic heterocycles. The largest absolute Gasteiger partial charge is 0.399 e. The molecule has 1 aromatic carbocycles. The summed E-state index contributed by atoms with van der Waals surface area (Å²) in [6.45, 7) is 5.12. The molecule has 1 aromatic rings. The van der Waals surface area contributed by atoms with Crippen molar-refractivity contribution < 1.29 is 4.57 Å². The van der Waals surface area contributed by atoms with Crippen molar-refractivity contribution in [2.45, 2.75) is 6.92 Å². The van der Waals surface area contributed by atoms with Gasteiger partial charge in [0, 0.05) is 36.4 Å². The summed E-state index contributed by atoms with van der Waals surface area (Å²) in [4.78, 5) is 2.35. The van der Waals surface area contributed by atoms with Gasteiger partial charge in [0.15, 0.2) is 0 Å². The number of rotatable bonds is 2. The van der Waals surface area contributed by atoms with Crippen LogP contribution >= 0.6 is 19.5 Å². The number of nitrogen functional groups attached to an aromatic ring is 1. The predicted molar refractivity (Wildman–Crippen MR) is 77.2 cm³/mol. The number of benzene rings is 1. The van der Waals surface area contributed by atoms with Crippen molar-refractivity contribution in [1.82, 2.24) is 4.90 Å². The van der Waals surface area contributed by atoms with Crippen molar-refractivity contribution in [3.05, 3.63) is 24.3 Å². The van der Waals surface area contributed by atoms with Crippen molar-refractivity contribution in [3.8, 4) is 0 Å². The van der Waals surface area contributed by atoms with E-state index in [4.69, 9.17) is 5.73 Å². The molecule has 1 heterocycles. The van der Waals surface area contributed by atoms with Gasteiger partial charge in [0.25, 0.3) is 0 Å². The highest BCUT2D eigenvalue weighted by atomic mass is 35.5. The van der Waals surface area contributed by atoms with E-state index in [0.717, 1.165) is 43.0 Å². The van der Waals surface area contributed by atoms with E-state index in [-0.39, 0.29) is 12.4 Å². The molecular formula is C12H20ClN2OP. The lowest BCUT2D eigenvalue weighted by Gasteiger charge is -2.31. The van der Waals surface area contributed by atoms with E-state index in [1.165, 1.54) is 0 Å². The molecule has 5 heteroatoms. The van der Waals surface area contributed by atoms with E-state index in [0.29, 0.717) is 0 Å². The van der Waals surface area contributed by atoms with E-state index in [2.05, 4.69) is 11.8 Å². The van der Waals surface area contributed by atoms with Crippen molar-refractivity contribution in [1.29, 1.82) is 0 Å². The minimum absolute atomic E-state index is 0. The van der Waals surface area contributed by atoms with E-state index in [1.54, 1.807) is 0 Å². The zero-order valence-corrected chi connectivity index (χ0v) is 11.8. The summed E-state index contributed by atoms with van der Waals surface area (Å²) in [7, 11) is -2.13. The van der Waals surface area contributed by atoms with Gasteiger partial charge in [0.1, 0.15) is 7.14 Å². The van der Waals surface area contributed by atoms with Crippen LogP contribution in [-0.4, -0.2) is 36.9 Å². The van der Waals surface area contributed by atoms with Crippen LogP contribution in [0.3, 0.4) is 0 Å². The number of halogens is 1. The predicted octanol–water partition coefficient (Wildman–Crippen LogP) is 2.01. The number of hydrogen-bond acceptors (Lipinski definition) is 3. The molecule has 1 fully saturated rings. The third-order valence-corrected chi connectivity index (χ3v) is 6.45. The number of hydrogen-bond donors (Lipinski definition) is 1. The molecule has 0 bridgehead atoms. The highest BCUT2D eigenvalue weighted by Crippen LogP contribution is 2.46. The number of nitrogens with zero attached hydrogens (tertiary/aromatic N) is 1. The van der Waals surface area contributed by atoms with Gasteiger partial charge >= 0.3 is 0 Å². The first-order valence-electron chi connectivity index (χ1n) is 5.80. The molecule has 96 valence electrons. The van der Waals surface area contributed by atoms with E-state index < -0.39 is 7.14 Å². The molecule has 0 saturated carbocycles. The molecule has 0 aromatic heterocycles. The fourth-order valence-corrected chi connectivity index (χ4v) is 4.79. The normalized spacial score (nSPS) is 19.6. The fraction of sp³-hybridized carbons (Fsp3) is 0.500. The van der Waals surface area contributed by atoms with Crippen LogP contribution in [0, 0.1) is 0 Å². The van der Waals surface area contributed by atoms with Crippen LogP contribution < -0.4 is 11.0 Å². The summed E-state index contributed by atoms with van der Waals surface area (Å²) in [6, 6.07) is 7.55. The van der Waals surface area contributed by atoms with Gasteiger partial charge in [-0.05, 0) is 30.8 Å². The first kappa shape index (κ1) is 14.6. The van der Waals surface area contributed by atoms with Gasteiger partial charge in [0.2, 0.25) is 0 Å². The third-order valence-electron chi connectivity index (χ3n) is 3.37. The summed E-state index contributed by atoms with van der Waals surface area (Å²) in [5.74, 6) is 0. The van der Waals surface area contributed by atoms with Gasteiger partial charge in [-0.25, -0.2) is 0 Å². The van der Waals surface area contributed by atoms with Gasteiger partial charge in [-0.1, -0.05) is 6.92 Å². The third kappa shape index (κ3) is 3.25. The average Bonchev–Trinajstić information content (AvgIpc) is 2.31. The second-order valence-electron chi connectivity index (χ2n) is 4.36.